The van der Waals surface area contributed by atoms with E-state index in [2.05, 4.69) is 4.90 Å². The van der Waals surface area contributed by atoms with Gasteiger partial charge in [-0.1, -0.05) is 23.2 Å². The summed E-state index contributed by atoms with van der Waals surface area (Å²) in [5, 5.41) is 0.710. The fourth-order valence-electron chi connectivity index (χ4n) is 2.71. The maximum atomic E-state index is 12.6. The molecule has 0 spiro atoms. The number of benzene rings is 1. The van der Waals surface area contributed by atoms with Crippen LogP contribution in [0.5, 0.6) is 0 Å². The van der Waals surface area contributed by atoms with Gasteiger partial charge in [-0.05, 0) is 42.8 Å². The minimum Gasteiger partial charge on any atom is -0.369 e. The third-order valence-electron chi connectivity index (χ3n) is 3.88. The van der Waals surface area contributed by atoms with Crippen LogP contribution < -0.4 is 4.90 Å². The number of nitrogens with zero attached hydrogens (tertiary/aromatic N) is 2. The molecule has 0 atom stereocenters. The molecule has 0 aliphatic carbocycles. The standard InChI is InChI=1S/C15H16Cl2N2O2S2/c1-11-10-12(16)2-3-13(11)18-6-8-19(9-7-18)23(20,21)15-5-4-14(17)22-15/h2-5,10H,6-9H2,1H3. The Morgan fingerprint density at radius 1 is 1.04 bits per heavy atom. The quantitative estimate of drug-likeness (QED) is 0.798. The number of hydrogen-bond donors (Lipinski definition) is 0. The Kier molecular flexibility index (Phi) is 4.90. The molecule has 4 nitrogen and oxygen atoms in total. The summed E-state index contributed by atoms with van der Waals surface area (Å²) in [6.07, 6.45) is 0. The van der Waals surface area contributed by atoms with Crippen molar-refractivity contribution in [1.82, 2.24) is 4.31 Å². The van der Waals surface area contributed by atoms with Crippen molar-refractivity contribution in [2.24, 2.45) is 0 Å². The van der Waals surface area contributed by atoms with Gasteiger partial charge >= 0.3 is 0 Å². The van der Waals surface area contributed by atoms with Crippen LogP contribution >= 0.6 is 34.5 Å². The van der Waals surface area contributed by atoms with Gasteiger partial charge in [-0.2, -0.15) is 4.31 Å². The van der Waals surface area contributed by atoms with Crippen molar-refractivity contribution in [2.45, 2.75) is 11.1 Å². The molecule has 1 aliphatic heterocycles. The van der Waals surface area contributed by atoms with Gasteiger partial charge in [-0.25, -0.2) is 8.42 Å². The lowest BCUT2D eigenvalue weighted by Gasteiger charge is -2.35. The van der Waals surface area contributed by atoms with E-state index in [9.17, 15) is 8.42 Å². The molecule has 3 rings (SSSR count). The van der Waals surface area contributed by atoms with Crippen molar-refractivity contribution in [3.05, 3.63) is 45.3 Å². The Balaban J connectivity index is 1.73. The molecular weight excluding hydrogens is 375 g/mol. The molecule has 8 heteroatoms. The first kappa shape index (κ1) is 17.0. The number of hydrogen-bond acceptors (Lipinski definition) is 4. The number of aryl methyl sites for hydroxylation is 1. The highest BCUT2D eigenvalue weighted by Crippen LogP contribution is 2.30. The van der Waals surface area contributed by atoms with E-state index in [1.54, 1.807) is 12.1 Å². The molecule has 1 fully saturated rings. The summed E-state index contributed by atoms with van der Waals surface area (Å²) in [4.78, 5) is 2.19. The Bertz CT molecular complexity index is 813. The zero-order chi connectivity index (χ0) is 16.6. The summed E-state index contributed by atoms with van der Waals surface area (Å²) < 4.78 is 27.5. The second-order valence-electron chi connectivity index (χ2n) is 5.38. The van der Waals surface area contributed by atoms with Crippen LogP contribution in [0.15, 0.2) is 34.5 Å². The summed E-state index contributed by atoms with van der Waals surface area (Å²) in [7, 11) is -3.44. The van der Waals surface area contributed by atoms with Crippen LogP contribution in [-0.2, 0) is 10.0 Å². The summed E-state index contributed by atoms with van der Waals surface area (Å²) >= 11 is 12.9. The maximum absolute atomic E-state index is 12.6. The van der Waals surface area contributed by atoms with Crippen LogP contribution in [0.2, 0.25) is 9.36 Å². The van der Waals surface area contributed by atoms with E-state index in [4.69, 9.17) is 23.2 Å². The minimum absolute atomic E-state index is 0.304. The highest BCUT2D eigenvalue weighted by molar-refractivity contribution is 7.91. The lowest BCUT2D eigenvalue weighted by Crippen LogP contribution is -2.48. The summed E-state index contributed by atoms with van der Waals surface area (Å²) in [5.41, 5.74) is 2.20. The molecule has 0 radical (unpaired) electrons. The van der Waals surface area contributed by atoms with Gasteiger partial charge in [0.05, 0.1) is 4.34 Å². The first-order valence-corrected chi connectivity index (χ1v) is 10.2. The molecule has 1 aromatic carbocycles. The fourth-order valence-corrected chi connectivity index (χ4v) is 5.99. The van der Waals surface area contributed by atoms with Crippen LogP contribution in [0.4, 0.5) is 5.69 Å². The average Bonchev–Trinajstić information content (AvgIpc) is 2.95. The van der Waals surface area contributed by atoms with Crippen molar-refractivity contribution < 1.29 is 8.42 Å². The molecule has 23 heavy (non-hydrogen) atoms. The topological polar surface area (TPSA) is 40.6 Å². The first-order valence-electron chi connectivity index (χ1n) is 7.14. The zero-order valence-corrected chi connectivity index (χ0v) is 15.6. The van der Waals surface area contributed by atoms with Crippen LogP contribution in [0, 0.1) is 6.92 Å². The molecule has 124 valence electrons. The van der Waals surface area contributed by atoms with Crippen molar-refractivity contribution >= 4 is 50.2 Å². The molecular formula is C15H16Cl2N2O2S2. The molecule has 0 amide bonds. The summed E-state index contributed by atoms with van der Waals surface area (Å²) in [6.45, 7) is 4.24. The second kappa shape index (κ2) is 6.61. The SMILES string of the molecule is Cc1cc(Cl)ccc1N1CCN(S(=O)(=O)c2ccc(Cl)s2)CC1. The lowest BCUT2D eigenvalue weighted by atomic mass is 10.1. The first-order chi connectivity index (χ1) is 10.9. The molecule has 0 unspecified atom stereocenters. The van der Waals surface area contributed by atoms with Crippen molar-refractivity contribution in [3.63, 3.8) is 0 Å². The average molecular weight is 391 g/mol. The summed E-state index contributed by atoms with van der Waals surface area (Å²) in [6, 6.07) is 8.96. The molecule has 0 bridgehead atoms. The van der Waals surface area contributed by atoms with E-state index < -0.39 is 10.0 Å². The number of rotatable bonds is 3. The number of sulfonamides is 1. The van der Waals surface area contributed by atoms with Crippen molar-refractivity contribution in [2.75, 3.05) is 31.1 Å². The smallest absolute Gasteiger partial charge is 0.252 e. The van der Waals surface area contributed by atoms with Crippen LogP contribution in [0.25, 0.3) is 0 Å². The van der Waals surface area contributed by atoms with Crippen LogP contribution in [0.3, 0.4) is 0 Å². The predicted octanol–water partition coefficient (Wildman–Crippen LogP) is 3.87. The van der Waals surface area contributed by atoms with Crippen molar-refractivity contribution in [3.8, 4) is 0 Å². The molecule has 0 N–H and O–H groups in total. The Morgan fingerprint density at radius 3 is 2.30 bits per heavy atom. The van der Waals surface area contributed by atoms with Gasteiger partial charge in [0.15, 0.2) is 0 Å². The Labute approximate surface area is 150 Å². The molecule has 1 saturated heterocycles. The van der Waals surface area contributed by atoms with Gasteiger partial charge in [-0.3, -0.25) is 0 Å². The third-order valence-corrected chi connectivity index (χ3v) is 7.71. The highest BCUT2D eigenvalue weighted by atomic mass is 35.5. The summed E-state index contributed by atoms with van der Waals surface area (Å²) in [5.74, 6) is 0. The van der Waals surface area contributed by atoms with Gasteiger partial charge in [0, 0.05) is 36.9 Å². The van der Waals surface area contributed by atoms with Gasteiger partial charge < -0.3 is 4.90 Å². The monoisotopic (exact) mass is 390 g/mol. The number of piperazine rings is 1. The van der Waals surface area contributed by atoms with E-state index >= 15 is 0 Å². The molecule has 0 saturated carbocycles. The predicted molar refractivity (Wildman–Crippen MR) is 96.5 cm³/mol. The van der Waals surface area contributed by atoms with E-state index in [1.807, 2.05) is 25.1 Å². The van der Waals surface area contributed by atoms with Crippen LogP contribution in [0.1, 0.15) is 5.56 Å². The molecule has 1 aliphatic rings. The highest BCUT2D eigenvalue weighted by Gasteiger charge is 2.30. The molecule has 2 heterocycles. The minimum atomic E-state index is -3.44. The maximum Gasteiger partial charge on any atom is 0.252 e. The lowest BCUT2D eigenvalue weighted by molar-refractivity contribution is 0.385. The van der Waals surface area contributed by atoms with Gasteiger partial charge in [0.2, 0.25) is 0 Å². The second-order valence-corrected chi connectivity index (χ2v) is 9.70. The van der Waals surface area contributed by atoms with E-state index in [0.29, 0.717) is 39.7 Å². The molecule has 2 aromatic rings. The normalized spacial score (nSPS) is 16.7. The Hall–Kier alpha value is -0.790. The third kappa shape index (κ3) is 3.51. The van der Waals surface area contributed by atoms with Gasteiger partial charge in [0.1, 0.15) is 4.21 Å². The van der Waals surface area contributed by atoms with E-state index in [1.165, 1.54) is 4.31 Å². The number of anilines is 1. The zero-order valence-electron chi connectivity index (χ0n) is 12.5. The Morgan fingerprint density at radius 2 is 1.74 bits per heavy atom. The molecule has 1 aromatic heterocycles. The van der Waals surface area contributed by atoms with E-state index in [-0.39, 0.29) is 0 Å². The van der Waals surface area contributed by atoms with Crippen molar-refractivity contribution in [1.29, 1.82) is 0 Å². The number of halogens is 2. The van der Waals surface area contributed by atoms with Crippen LogP contribution in [-0.4, -0.2) is 38.9 Å². The largest absolute Gasteiger partial charge is 0.369 e. The van der Waals surface area contributed by atoms with Gasteiger partial charge in [0.25, 0.3) is 10.0 Å². The van der Waals surface area contributed by atoms with E-state index in [0.717, 1.165) is 22.6 Å². The fraction of sp³-hybridized carbons (Fsp3) is 0.333. The van der Waals surface area contributed by atoms with Gasteiger partial charge in [-0.15, -0.1) is 11.3 Å². The number of thiophene rings is 1.